The third-order valence-electron chi connectivity index (χ3n) is 5.35. The molecule has 0 radical (unpaired) electrons. The van der Waals surface area contributed by atoms with Crippen LogP contribution in [0.15, 0.2) is 48.5 Å². The van der Waals surface area contributed by atoms with Crippen molar-refractivity contribution in [3.63, 3.8) is 0 Å². The molecule has 1 amide bonds. The van der Waals surface area contributed by atoms with Crippen molar-refractivity contribution in [2.24, 2.45) is 0 Å². The van der Waals surface area contributed by atoms with Crippen LogP contribution in [-0.2, 0) is 9.53 Å². The van der Waals surface area contributed by atoms with Crippen LogP contribution in [0.1, 0.15) is 47.7 Å². The third-order valence-corrected chi connectivity index (χ3v) is 5.35. The lowest BCUT2D eigenvalue weighted by Crippen LogP contribution is -2.31. The molecule has 1 saturated heterocycles. The highest BCUT2D eigenvalue weighted by Gasteiger charge is 2.29. The summed E-state index contributed by atoms with van der Waals surface area (Å²) in [6.45, 7) is 1.50. The largest absolute Gasteiger partial charge is 0.444 e. The first-order chi connectivity index (χ1) is 14.9. The Hall–Kier alpha value is -3.42. The standard InChI is InChI=1S/C23H27N3O5/c1-24(2)22(27)21(17-10-6-5-7-11-17)31-23(28)18-12-13-19(20(16-18)26(29)30)25-14-8-3-4-9-15-25/h5-7,10-13,16,21H,3-4,8-9,14-15H2,1-2H3/t21-/m0/s1. The molecule has 2 aromatic carbocycles. The van der Waals surface area contributed by atoms with Gasteiger partial charge in [0.15, 0.2) is 0 Å². The van der Waals surface area contributed by atoms with Gasteiger partial charge >= 0.3 is 5.97 Å². The van der Waals surface area contributed by atoms with Crippen molar-refractivity contribution in [2.75, 3.05) is 32.1 Å². The minimum absolute atomic E-state index is 0.0396. The highest BCUT2D eigenvalue weighted by atomic mass is 16.6. The molecule has 0 N–H and O–H groups in total. The van der Waals surface area contributed by atoms with E-state index in [-0.39, 0.29) is 11.3 Å². The van der Waals surface area contributed by atoms with Crippen LogP contribution in [0, 0.1) is 10.1 Å². The molecule has 0 spiro atoms. The highest BCUT2D eigenvalue weighted by Crippen LogP contribution is 2.32. The summed E-state index contributed by atoms with van der Waals surface area (Å²) in [7, 11) is 3.15. The van der Waals surface area contributed by atoms with E-state index in [1.165, 1.54) is 17.0 Å². The summed E-state index contributed by atoms with van der Waals surface area (Å²) in [5.74, 6) is -1.18. The molecule has 0 bridgehead atoms. The molecule has 3 rings (SSSR count). The summed E-state index contributed by atoms with van der Waals surface area (Å²) in [4.78, 5) is 40.1. The predicted octanol–water partition coefficient (Wildman–Crippen LogP) is 3.96. The first-order valence-corrected chi connectivity index (χ1v) is 10.4. The van der Waals surface area contributed by atoms with Crippen molar-refractivity contribution in [2.45, 2.75) is 31.8 Å². The van der Waals surface area contributed by atoms with Crippen LogP contribution in [0.25, 0.3) is 0 Å². The van der Waals surface area contributed by atoms with E-state index >= 15 is 0 Å². The number of rotatable bonds is 6. The van der Waals surface area contributed by atoms with Gasteiger partial charge in [0.05, 0.1) is 10.5 Å². The van der Waals surface area contributed by atoms with Crippen LogP contribution in [0.3, 0.4) is 0 Å². The van der Waals surface area contributed by atoms with Gasteiger partial charge in [-0.25, -0.2) is 4.79 Å². The Kier molecular flexibility index (Phi) is 7.23. The van der Waals surface area contributed by atoms with Crippen molar-refractivity contribution in [1.29, 1.82) is 0 Å². The zero-order valence-electron chi connectivity index (χ0n) is 17.8. The van der Waals surface area contributed by atoms with E-state index < -0.39 is 22.9 Å². The summed E-state index contributed by atoms with van der Waals surface area (Å²) >= 11 is 0. The van der Waals surface area contributed by atoms with Gasteiger partial charge in [-0.2, -0.15) is 0 Å². The Labute approximate surface area is 181 Å². The van der Waals surface area contributed by atoms with E-state index in [4.69, 9.17) is 4.74 Å². The molecule has 8 nitrogen and oxygen atoms in total. The Morgan fingerprint density at radius 1 is 1.03 bits per heavy atom. The Morgan fingerprint density at radius 2 is 1.68 bits per heavy atom. The number of esters is 1. The van der Waals surface area contributed by atoms with Gasteiger partial charge in [-0.15, -0.1) is 0 Å². The molecule has 0 unspecified atom stereocenters. The van der Waals surface area contributed by atoms with Gasteiger partial charge in [0.1, 0.15) is 5.69 Å². The minimum atomic E-state index is -1.13. The second-order valence-electron chi connectivity index (χ2n) is 7.79. The van der Waals surface area contributed by atoms with E-state index in [0.717, 1.165) is 38.8 Å². The number of amides is 1. The van der Waals surface area contributed by atoms with Gasteiger partial charge in [-0.3, -0.25) is 14.9 Å². The number of nitro groups is 1. The number of likely N-dealkylation sites (N-methyl/N-ethyl adjacent to an activating group) is 1. The van der Waals surface area contributed by atoms with E-state index in [0.29, 0.717) is 11.3 Å². The number of ether oxygens (including phenoxy) is 1. The van der Waals surface area contributed by atoms with Gasteiger partial charge in [-0.1, -0.05) is 43.2 Å². The molecule has 0 saturated carbocycles. The highest BCUT2D eigenvalue weighted by molar-refractivity contribution is 5.94. The molecule has 164 valence electrons. The number of carbonyl (C=O) groups is 2. The van der Waals surface area contributed by atoms with Crippen LogP contribution >= 0.6 is 0 Å². The summed E-state index contributed by atoms with van der Waals surface area (Å²) in [5.41, 5.74) is 0.946. The van der Waals surface area contributed by atoms with Crippen molar-refractivity contribution < 1.29 is 19.2 Å². The number of benzene rings is 2. The van der Waals surface area contributed by atoms with Gasteiger partial charge in [0, 0.05) is 38.8 Å². The molecule has 1 fully saturated rings. The summed E-state index contributed by atoms with van der Waals surface area (Å²) in [6, 6.07) is 13.1. The van der Waals surface area contributed by atoms with Crippen molar-refractivity contribution in [3.8, 4) is 0 Å². The van der Waals surface area contributed by atoms with E-state index in [2.05, 4.69) is 0 Å². The molecule has 1 atom stereocenters. The average molecular weight is 425 g/mol. The molecule has 1 aliphatic rings. The van der Waals surface area contributed by atoms with Crippen LogP contribution in [0.2, 0.25) is 0 Å². The SMILES string of the molecule is CN(C)C(=O)[C@@H](OC(=O)c1ccc(N2CCCCCC2)c([N+](=O)[O-])c1)c1ccccc1. The van der Waals surface area contributed by atoms with Gasteiger partial charge < -0.3 is 14.5 Å². The Morgan fingerprint density at radius 3 is 2.26 bits per heavy atom. The Bertz CT molecular complexity index is 937. The molecular formula is C23H27N3O5. The second kappa shape index (κ2) is 10.1. The lowest BCUT2D eigenvalue weighted by Gasteiger charge is -2.23. The predicted molar refractivity (Wildman–Crippen MR) is 117 cm³/mol. The number of hydrogen-bond acceptors (Lipinski definition) is 6. The summed E-state index contributed by atoms with van der Waals surface area (Å²) < 4.78 is 5.52. The Balaban J connectivity index is 1.88. The van der Waals surface area contributed by atoms with Crippen LogP contribution in [0.5, 0.6) is 0 Å². The number of nitrogens with zero attached hydrogens (tertiary/aromatic N) is 3. The normalized spacial score (nSPS) is 15.0. The maximum absolute atomic E-state index is 12.8. The molecule has 31 heavy (non-hydrogen) atoms. The first-order valence-electron chi connectivity index (χ1n) is 10.4. The molecule has 8 heteroatoms. The van der Waals surface area contributed by atoms with Crippen LogP contribution in [0.4, 0.5) is 11.4 Å². The fourth-order valence-electron chi connectivity index (χ4n) is 3.67. The fourth-order valence-corrected chi connectivity index (χ4v) is 3.67. The monoisotopic (exact) mass is 425 g/mol. The molecule has 1 heterocycles. The van der Waals surface area contributed by atoms with Crippen molar-refractivity contribution >= 4 is 23.3 Å². The zero-order valence-corrected chi connectivity index (χ0v) is 17.8. The summed E-state index contributed by atoms with van der Waals surface area (Å²) in [6.07, 6.45) is 3.04. The molecule has 0 aromatic heterocycles. The van der Waals surface area contributed by atoms with Crippen molar-refractivity contribution in [1.82, 2.24) is 4.90 Å². The zero-order chi connectivity index (χ0) is 22.4. The lowest BCUT2D eigenvalue weighted by molar-refractivity contribution is -0.384. The van der Waals surface area contributed by atoms with E-state index in [1.807, 2.05) is 4.90 Å². The van der Waals surface area contributed by atoms with Crippen LogP contribution < -0.4 is 4.90 Å². The first kappa shape index (κ1) is 22.3. The number of hydrogen-bond donors (Lipinski definition) is 0. The van der Waals surface area contributed by atoms with Crippen molar-refractivity contribution in [3.05, 3.63) is 69.8 Å². The molecular weight excluding hydrogens is 398 g/mol. The maximum Gasteiger partial charge on any atom is 0.339 e. The lowest BCUT2D eigenvalue weighted by atomic mass is 10.1. The van der Waals surface area contributed by atoms with Gasteiger partial charge in [-0.05, 0) is 25.0 Å². The minimum Gasteiger partial charge on any atom is -0.444 e. The molecule has 2 aromatic rings. The van der Waals surface area contributed by atoms with Gasteiger partial charge in [0.2, 0.25) is 6.10 Å². The number of nitro benzene ring substituents is 1. The topological polar surface area (TPSA) is 93.0 Å². The maximum atomic E-state index is 12.8. The second-order valence-corrected chi connectivity index (χ2v) is 7.79. The number of anilines is 1. The average Bonchev–Trinajstić information content (AvgIpc) is 3.06. The van der Waals surface area contributed by atoms with E-state index in [9.17, 15) is 19.7 Å². The smallest absolute Gasteiger partial charge is 0.339 e. The third kappa shape index (κ3) is 5.39. The number of carbonyl (C=O) groups excluding carboxylic acids is 2. The molecule has 1 aliphatic heterocycles. The quantitative estimate of drug-likeness (QED) is 0.395. The molecule has 0 aliphatic carbocycles. The van der Waals surface area contributed by atoms with Crippen LogP contribution in [-0.4, -0.2) is 48.9 Å². The van der Waals surface area contributed by atoms with Gasteiger partial charge in [0.25, 0.3) is 11.6 Å². The fraction of sp³-hybridized carbons (Fsp3) is 0.391. The summed E-state index contributed by atoms with van der Waals surface area (Å²) in [5, 5.41) is 11.7. The van der Waals surface area contributed by atoms with E-state index in [1.54, 1.807) is 50.5 Å².